The van der Waals surface area contributed by atoms with Crippen molar-refractivity contribution in [2.24, 2.45) is 0 Å². The summed E-state index contributed by atoms with van der Waals surface area (Å²) in [6, 6.07) is 12.8. The molecular weight excluding hydrogens is 340 g/mol. The average Bonchev–Trinajstić information content (AvgIpc) is 2.56. The molecule has 1 amide bonds. The molecule has 2 aromatic carbocycles. The minimum atomic E-state index is -0.441. The molecule has 0 saturated carbocycles. The first-order valence-corrected chi connectivity index (χ1v) is 8.48. The number of carbonyl (C=O) groups is 1. The van der Waals surface area contributed by atoms with Gasteiger partial charge in [0.15, 0.2) is 6.61 Å². The number of aliphatic hydroxyl groups excluding tert-OH is 1. The van der Waals surface area contributed by atoms with Crippen molar-refractivity contribution in [3.05, 3.63) is 58.6 Å². The molecule has 0 bridgehead atoms. The number of carbonyl (C=O) groups excluding carboxylic acids is 1. The Morgan fingerprint density at radius 2 is 1.96 bits per heavy atom. The number of amides is 1. The van der Waals surface area contributed by atoms with E-state index in [1.165, 1.54) is 0 Å². The van der Waals surface area contributed by atoms with E-state index in [9.17, 15) is 9.90 Å². The highest BCUT2D eigenvalue weighted by molar-refractivity contribution is 6.30. The zero-order chi connectivity index (χ0) is 18.2. The van der Waals surface area contributed by atoms with Gasteiger partial charge in [0.05, 0.1) is 6.10 Å². The SMILES string of the molecule is Cc1ccc(NC(=O)COc2ccc(Cl)cc2CNC[C@@H](C)O)cc1. The van der Waals surface area contributed by atoms with E-state index >= 15 is 0 Å². The zero-order valence-electron chi connectivity index (χ0n) is 14.4. The molecule has 0 aliphatic rings. The van der Waals surface area contributed by atoms with Gasteiger partial charge in [0.25, 0.3) is 5.91 Å². The Bertz CT molecular complexity index is 702. The lowest BCUT2D eigenvalue weighted by Crippen LogP contribution is -2.24. The number of ether oxygens (including phenoxy) is 1. The Morgan fingerprint density at radius 1 is 1.24 bits per heavy atom. The van der Waals surface area contributed by atoms with E-state index in [1.54, 1.807) is 25.1 Å². The Balaban J connectivity index is 1.92. The van der Waals surface area contributed by atoms with Crippen molar-refractivity contribution in [1.29, 1.82) is 0 Å². The molecule has 0 aliphatic carbocycles. The summed E-state index contributed by atoms with van der Waals surface area (Å²) in [7, 11) is 0. The van der Waals surface area contributed by atoms with Gasteiger partial charge in [-0.3, -0.25) is 4.79 Å². The molecule has 2 aromatic rings. The number of benzene rings is 2. The van der Waals surface area contributed by atoms with Crippen LogP contribution in [0.5, 0.6) is 5.75 Å². The summed E-state index contributed by atoms with van der Waals surface area (Å²) in [4.78, 5) is 12.0. The predicted octanol–water partition coefficient (Wildman–Crippen LogP) is 3.14. The third kappa shape index (κ3) is 6.74. The average molecular weight is 363 g/mol. The second-order valence-electron chi connectivity index (χ2n) is 5.93. The summed E-state index contributed by atoms with van der Waals surface area (Å²) >= 11 is 6.03. The molecule has 0 radical (unpaired) electrons. The van der Waals surface area contributed by atoms with E-state index in [1.807, 2.05) is 31.2 Å². The number of aryl methyl sites for hydroxylation is 1. The normalized spacial score (nSPS) is 11.8. The highest BCUT2D eigenvalue weighted by atomic mass is 35.5. The number of nitrogens with one attached hydrogen (secondary N) is 2. The number of hydrogen-bond donors (Lipinski definition) is 3. The second-order valence-corrected chi connectivity index (χ2v) is 6.37. The molecule has 2 rings (SSSR count). The van der Waals surface area contributed by atoms with Crippen LogP contribution in [0.2, 0.25) is 5.02 Å². The minimum Gasteiger partial charge on any atom is -0.483 e. The number of aliphatic hydroxyl groups is 1. The lowest BCUT2D eigenvalue weighted by Gasteiger charge is -2.13. The fourth-order valence-corrected chi connectivity index (χ4v) is 2.41. The van der Waals surface area contributed by atoms with Crippen molar-refractivity contribution in [2.45, 2.75) is 26.5 Å². The first kappa shape index (κ1) is 19.2. The van der Waals surface area contributed by atoms with Crippen LogP contribution in [0.1, 0.15) is 18.1 Å². The Kier molecular flexibility index (Phi) is 7.25. The highest BCUT2D eigenvalue weighted by Gasteiger charge is 2.09. The van der Waals surface area contributed by atoms with Crippen molar-refractivity contribution in [1.82, 2.24) is 5.32 Å². The van der Waals surface area contributed by atoms with Gasteiger partial charge in [-0.15, -0.1) is 0 Å². The topological polar surface area (TPSA) is 70.6 Å². The second kappa shape index (κ2) is 9.42. The third-order valence-corrected chi connectivity index (χ3v) is 3.71. The van der Waals surface area contributed by atoms with Crippen LogP contribution >= 0.6 is 11.6 Å². The first-order chi connectivity index (χ1) is 11.9. The van der Waals surface area contributed by atoms with Gasteiger partial charge in [0.1, 0.15) is 5.75 Å². The first-order valence-electron chi connectivity index (χ1n) is 8.10. The van der Waals surface area contributed by atoms with Crippen LogP contribution in [0.3, 0.4) is 0 Å². The van der Waals surface area contributed by atoms with Crippen molar-refractivity contribution in [2.75, 3.05) is 18.5 Å². The Labute approximate surface area is 153 Å². The van der Waals surface area contributed by atoms with Gasteiger partial charge in [-0.05, 0) is 44.2 Å². The van der Waals surface area contributed by atoms with Crippen LogP contribution in [0.15, 0.2) is 42.5 Å². The number of rotatable bonds is 8. The monoisotopic (exact) mass is 362 g/mol. The molecule has 25 heavy (non-hydrogen) atoms. The van der Waals surface area contributed by atoms with Crippen LogP contribution in [-0.4, -0.2) is 30.3 Å². The molecule has 0 unspecified atom stereocenters. The molecule has 0 aliphatic heterocycles. The van der Waals surface area contributed by atoms with Crippen LogP contribution in [-0.2, 0) is 11.3 Å². The van der Waals surface area contributed by atoms with Crippen LogP contribution < -0.4 is 15.4 Å². The molecule has 0 fully saturated rings. The van der Waals surface area contributed by atoms with Crippen molar-refractivity contribution < 1.29 is 14.6 Å². The molecule has 0 heterocycles. The highest BCUT2D eigenvalue weighted by Crippen LogP contribution is 2.23. The summed E-state index contributed by atoms with van der Waals surface area (Å²) in [5.74, 6) is 0.350. The third-order valence-electron chi connectivity index (χ3n) is 3.47. The van der Waals surface area contributed by atoms with Crippen molar-refractivity contribution >= 4 is 23.2 Å². The van der Waals surface area contributed by atoms with E-state index in [0.717, 1.165) is 16.8 Å². The molecule has 0 saturated heterocycles. The van der Waals surface area contributed by atoms with Crippen LogP contribution in [0.25, 0.3) is 0 Å². The van der Waals surface area contributed by atoms with Crippen molar-refractivity contribution in [3.63, 3.8) is 0 Å². The van der Waals surface area contributed by atoms with E-state index in [-0.39, 0.29) is 12.5 Å². The molecule has 5 nitrogen and oxygen atoms in total. The minimum absolute atomic E-state index is 0.0983. The maximum absolute atomic E-state index is 12.0. The number of hydrogen-bond acceptors (Lipinski definition) is 4. The number of halogens is 1. The maximum Gasteiger partial charge on any atom is 0.262 e. The molecule has 6 heteroatoms. The van der Waals surface area contributed by atoms with E-state index in [4.69, 9.17) is 16.3 Å². The van der Waals surface area contributed by atoms with Gasteiger partial charge < -0.3 is 20.5 Å². The molecule has 0 aromatic heterocycles. The van der Waals surface area contributed by atoms with Crippen LogP contribution in [0, 0.1) is 6.92 Å². The van der Waals surface area contributed by atoms with Gasteiger partial charge in [-0.25, -0.2) is 0 Å². The Hall–Kier alpha value is -2.08. The fourth-order valence-electron chi connectivity index (χ4n) is 2.22. The zero-order valence-corrected chi connectivity index (χ0v) is 15.1. The maximum atomic E-state index is 12.0. The summed E-state index contributed by atoms with van der Waals surface area (Å²) in [5.41, 5.74) is 2.69. The van der Waals surface area contributed by atoms with Crippen molar-refractivity contribution in [3.8, 4) is 5.75 Å². The standard InChI is InChI=1S/C19H23ClN2O3/c1-13-3-6-17(7-4-13)22-19(24)12-25-18-8-5-16(20)9-15(18)11-21-10-14(2)23/h3-9,14,21,23H,10-12H2,1-2H3,(H,22,24)/t14-/m1/s1. The summed E-state index contributed by atoms with van der Waals surface area (Å²) < 4.78 is 5.63. The van der Waals surface area contributed by atoms with E-state index in [2.05, 4.69) is 10.6 Å². The van der Waals surface area contributed by atoms with E-state index < -0.39 is 6.10 Å². The summed E-state index contributed by atoms with van der Waals surface area (Å²) in [6.45, 7) is 4.54. The summed E-state index contributed by atoms with van der Waals surface area (Å²) in [5, 5.41) is 15.8. The largest absolute Gasteiger partial charge is 0.483 e. The molecule has 134 valence electrons. The Morgan fingerprint density at radius 3 is 2.64 bits per heavy atom. The van der Waals surface area contributed by atoms with Gasteiger partial charge in [0, 0.05) is 29.4 Å². The van der Waals surface area contributed by atoms with E-state index in [0.29, 0.717) is 23.9 Å². The fraction of sp³-hybridized carbons (Fsp3) is 0.316. The van der Waals surface area contributed by atoms with Crippen LogP contribution in [0.4, 0.5) is 5.69 Å². The van der Waals surface area contributed by atoms with Gasteiger partial charge in [-0.1, -0.05) is 29.3 Å². The van der Waals surface area contributed by atoms with Gasteiger partial charge >= 0.3 is 0 Å². The summed E-state index contributed by atoms with van der Waals surface area (Å²) in [6.07, 6.45) is -0.441. The quantitative estimate of drug-likeness (QED) is 0.674. The smallest absolute Gasteiger partial charge is 0.262 e. The molecule has 1 atom stereocenters. The lowest BCUT2D eigenvalue weighted by atomic mass is 10.2. The number of anilines is 1. The molecular formula is C19H23ClN2O3. The van der Waals surface area contributed by atoms with Gasteiger partial charge in [0.2, 0.25) is 0 Å². The molecule has 0 spiro atoms. The molecule has 3 N–H and O–H groups in total. The van der Waals surface area contributed by atoms with Gasteiger partial charge in [-0.2, -0.15) is 0 Å². The lowest BCUT2D eigenvalue weighted by molar-refractivity contribution is -0.118. The predicted molar refractivity (Wildman–Crippen MR) is 100 cm³/mol.